The quantitative estimate of drug-likeness (QED) is 0.345. The van der Waals surface area contributed by atoms with E-state index in [-0.39, 0.29) is 66.8 Å². The minimum Gasteiger partial charge on any atom is -0.197 e. The molecule has 204 valence electrons. The number of nitrogens with zero attached hydrogens (tertiary/aromatic N) is 10. The van der Waals surface area contributed by atoms with Crippen molar-refractivity contribution in [2.75, 3.05) is 0 Å². The summed E-state index contributed by atoms with van der Waals surface area (Å²) in [5.74, 6) is -2.34. The lowest BCUT2D eigenvalue weighted by atomic mass is 9.80. The van der Waals surface area contributed by atoms with E-state index in [0.29, 0.717) is 22.3 Å². The first kappa shape index (κ1) is 29.3. The van der Waals surface area contributed by atoms with Gasteiger partial charge in [-0.25, -0.2) is 0 Å². The second-order valence-corrected chi connectivity index (χ2v) is 9.90. The van der Waals surface area contributed by atoms with Crippen molar-refractivity contribution in [1.29, 1.82) is 52.6 Å². The molecule has 0 bridgehead atoms. The molecule has 0 heterocycles. The van der Waals surface area contributed by atoms with Crippen molar-refractivity contribution >= 4 is 27.9 Å². The summed E-state index contributed by atoms with van der Waals surface area (Å²) < 4.78 is 0. The van der Waals surface area contributed by atoms with E-state index < -0.39 is 11.8 Å². The SMILES string of the molecule is N#CC(C#N)=C1C(c2ccc(C#N)c(C#N)c2)=C(C#N)c2cc3c(cc21)C(C(C#N)C#N)C(c1ccc(C#N)c(C#N)c1)=C3C#N. The van der Waals surface area contributed by atoms with Gasteiger partial charge >= 0.3 is 0 Å². The van der Waals surface area contributed by atoms with Gasteiger partial charge in [-0.1, -0.05) is 12.1 Å². The lowest BCUT2D eigenvalue weighted by Crippen LogP contribution is -2.10. The Hall–Kier alpha value is -8.22. The van der Waals surface area contributed by atoms with Gasteiger partial charge in [-0.15, -0.1) is 0 Å². The fraction of sp³-hybridized carbons (Fsp3) is 0.0556. The molecule has 3 aromatic carbocycles. The molecule has 5 rings (SSSR count). The minimum atomic E-state index is -1.32. The molecule has 2 aliphatic carbocycles. The molecule has 0 aromatic heterocycles. The summed E-state index contributed by atoms with van der Waals surface area (Å²) in [6, 6.07) is 31.4. The molecule has 10 nitrogen and oxygen atoms in total. The van der Waals surface area contributed by atoms with Gasteiger partial charge in [-0.05, 0) is 69.8 Å². The maximum absolute atomic E-state index is 10.4. The summed E-state index contributed by atoms with van der Waals surface area (Å²) in [7, 11) is 0. The monoisotopic (exact) mass is 582 g/mol. The van der Waals surface area contributed by atoms with Crippen molar-refractivity contribution in [3.05, 3.63) is 110 Å². The average molecular weight is 583 g/mol. The van der Waals surface area contributed by atoms with Gasteiger partial charge in [0, 0.05) is 22.6 Å². The highest BCUT2D eigenvalue weighted by molar-refractivity contribution is 6.26. The van der Waals surface area contributed by atoms with Gasteiger partial charge in [-0.3, -0.25) is 0 Å². The molecule has 0 N–H and O–H groups in total. The summed E-state index contributed by atoms with van der Waals surface area (Å²) in [5.41, 5.74) is 2.35. The number of fused-ring (bicyclic) bond motifs is 2. The average Bonchev–Trinajstić information content (AvgIpc) is 3.59. The molecular formula is C36H10N10. The topological polar surface area (TPSA) is 238 Å². The standard InChI is InChI=1S/C36H10N10/c37-9-21-3-1-19(5-23(21)11-39)33-31(17-45)27-7-28-30(8-29(27)35(33)25(13-41)14-42)36(26(15-43)16-44)34(32(28)18-46)20-2-4-22(10-38)24(6-20)12-40/h1-8,25,35H. The Morgan fingerprint density at radius 1 is 0.522 bits per heavy atom. The maximum atomic E-state index is 10.4. The van der Waals surface area contributed by atoms with Crippen molar-refractivity contribution < 1.29 is 0 Å². The Kier molecular flexibility index (Phi) is 7.37. The maximum Gasteiger partial charge on any atom is 0.144 e. The molecule has 10 heteroatoms. The van der Waals surface area contributed by atoms with Crippen molar-refractivity contribution in [1.82, 2.24) is 0 Å². The summed E-state index contributed by atoms with van der Waals surface area (Å²) in [6.07, 6.45) is 0. The van der Waals surface area contributed by atoms with Crippen LogP contribution in [-0.2, 0) is 0 Å². The molecule has 3 aromatic rings. The highest BCUT2D eigenvalue weighted by atomic mass is 14.5. The van der Waals surface area contributed by atoms with E-state index in [1.54, 1.807) is 6.07 Å². The summed E-state index contributed by atoms with van der Waals surface area (Å²) in [4.78, 5) is 0. The molecular weight excluding hydrogens is 572 g/mol. The van der Waals surface area contributed by atoms with E-state index in [4.69, 9.17) is 0 Å². The number of hydrogen-bond donors (Lipinski definition) is 0. The number of rotatable bonds is 3. The van der Waals surface area contributed by atoms with E-state index in [2.05, 4.69) is 12.1 Å². The Labute approximate surface area is 262 Å². The van der Waals surface area contributed by atoms with E-state index in [0.717, 1.165) is 0 Å². The van der Waals surface area contributed by atoms with Crippen molar-refractivity contribution in [3.63, 3.8) is 0 Å². The summed E-state index contributed by atoms with van der Waals surface area (Å²) >= 11 is 0. The number of allylic oxidation sites excluding steroid dienone is 6. The fourth-order valence-corrected chi connectivity index (χ4v) is 5.92. The van der Waals surface area contributed by atoms with Gasteiger partial charge in [0.25, 0.3) is 0 Å². The predicted octanol–water partition coefficient (Wildman–Crippen LogP) is 5.62. The Bertz CT molecular complexity index is 2460. The predicted molar refractivity (Wildman–Crippen MR) is 159 cm³/mol. The first-order chi connectivity index (χ1) is 22.4. The molecule has 0 amide bonds. The van der Waals surface area contributed by atoms with Crippen molar-refractivity contribution in [3.8, 4) is 60.7 Å². The van der Waals surface area contributed by atoms with Crippen LogP contribution in [0.3, 0.4) is 0 Å². The van der Waals surface area contributed by atoms with E-state index >= 15 is 0 Å². The van der Waals surface area contributed by atoms with Crippen LogP contribution in [0.1, 0.15) is 61.6 Å². The highest BCUT2D eigenvalue weighted by Gasteiger charge is 2.41. The normalized spacial score (nSPS) is 13.6. The molecule has 0 spiro atoms. The smallest absolute Gasteiger partial charge is 0.144 e. The second-order valence-electron chi connectivity index (χ2n) is 9.90. The van der Waals surface area contributed by atoms with Crippen molar-refractivity contribution in [2.45, 2.75) is 5.92 Å². The van der Waals surface area contributed by atoms with Crippen LogP contribution in [0.15, 0.2) is 54.1 Å². The minimum absolute atomic E-state index is 0.0162. The molecule has 0 fully saturated rings. The third kappa shape index (κ3) is 4.18. The van der Waals surface area contributed by atoms with Crippen LogP contribution >= 0.6 is 0 Å². The molecule has 0 aliphatic heterocycles. The fourth-order valence-electron chi connectivity index (χ4n) is 5.92. The van der Waals surface area contributed by atoms with Gasteiger partial charge in [0.05, 0.1) is 45.5 Å². The molecule has 0 saturated carbocycles. The first-order valence-corrected chi connectivity index (χ1v) is 13.1. The third-order valence-electron chi connectivity index (χ3n) is 7.84. The molecule has 2 aliphatic rings. The second kappa shape index (κ2) is 11.6. The lowest BCUT2D eigenvalue weighted by molar-refractivity contribution is 0.757. The van der Waals surface area contributed by atoms with Crippen LogP contribution in [0.5, 0.6) is 0 Å². The number of benzene rings is 3. The Morgan fingerprint density at radius 3 is 1.57 bits per heavy atom. The van der Waals surface area contributed by atoms with Gasteiger partial charge in [0.15, 0.2) is 0 Å². The van der Waals surface area contributed by atoms with Crippen LogP contribution in [0.25, 0.3) is 27.9 Å². The molecule has 46 heavy (non-hydrogen) atoms. The van der Waals surface area contributed by atoms with E-state index in [9.17, 15) is 52.6 Å². The number of hydrogen-bond acceptors (Lipinski definition) is 10. The lowest BCUT2D eigenvalue weighted by Gasteiger charge is -2.19. The van der Waals surface area contributed by atoms with E-state index in [1.165, 1.54) is 42.5 Å². The zero-order valence-corrected chi connectivity index (χ0v) is 23.2. The van der Waals surface area contributed by atoms with Gasteiger partial charge < -0.3 is 0 Å². The highest BCUT2D eigenvalue weighted by Crippen LogP contribution is 2.55. The van der Waals surface area contributed by atoms with Crippen LogP contribution in [-0.4, -0.2) is 0 Å². The molecule has 0 saturated heterocycles. The molecule has 1 atom stereocenters. The van der Waals surface area contributed by atoms with Gasteiger partial charge in [-0.2, -0.15) is 52.6 Å². The third-order valence-corrected chi connectivity index (χ3v) is 7.84. The van der Waals surface area contributed by atoms with Crippen molar-refractivity contribution in [2.24, 2.45) is 5.92 Å². The first-order valence-electron chi connectivity index (χ1n) is 13.1. The van der Waals surface area contributed by atoms with Crippen LogP contribution in [0.2, 0.25) is 0 Å². The largest absolute Gasteiger partial charge is 0.197 e. The van der Waals surface area contributed by atoms with E-state index in [1.807, 2.05) is 48.6 Å². The van der Waals surface area contributed by atoms with Crippen LogP contribution in [0.4, 0.5) is 0 Å². The van der Waals surface area contributed by atoms with Gasteiger partial charge in [0.1, 0.15) is 60.0 Å². The zero-order valence-electron chi connectivity index (χ0n) is 23.2. The van der Waals surface area contributed by atoms with Crippen LogP contribution < -0.4 is 0 Å². The number of nitriles is 10. The molecule has 1 unspecified atom stereocenters. The zero-order chi connectivity index (χ0) is 33.1. The Morgan fingerprint density at radius 2 is 1.07 bits per heavy atom. The summed E-state index contributed by atoms with van der Waals surface area (Å²) in [6.45, 7) is 0. The van der Waals surface area contributed by atoms with Gasteiger partial charge in [0.2, 0.25) is 0 Å². The van der Waals surface area contributed by atoms with Crippen LogP contribution in [0, 0.1) is 119 Å². The Balaban J connectivity index is 1.90. The summed E-state index contributed by atoms with van der Waals surface area (Å²) in [5, 5.41) is 98.9. The molecule has 0 radical (unpaired) electrons.